The van der Waals surface area contributed by atoms with Gasteiger partial charge in [-0.05, 0) is 50.3 Å². The van der Waals surface area contributed by atoms with Gasteiger partial charge in [-0.2, -0.15) is 0 Å². The van der Waals surface area contributed by atoms with Crippen LogP contribution in [0.3, 0.4) is 0 Å². The lowest BCUT2D eigenvalue weighted by molar-refractivity contribution is -0.157. The first-order chi connectivity index (χ1) is 11.9. The van der Waals surface area contributed by atoms with Crippen LogP contribution in [0.15, 0.2) is 24.3 Å². The summed E-state index contributed by atoms with van der Waals surface area (Å²) in [7, 11) is 1.51. The zero-order chi connectivity index (χ0) is 18.8. The van der Waals surface area contributed by atoms with Gasteiger partial charge in [0.2, 0.25) is 6.04 Å². The minimum Gasteiger partial charge on any atom is -0.497 e. The van der Waals surface area contributed by atoms with Crippen molar-refractivity contribution in [3.05, 3.63) is 29.8 Å². The highest BCUT2D eigenvalue weighted by Gasteiger charge is 2.30. The molecule has 1 amide bonds. The third-order valence-corrected chi connectivity index (χ3v) is 3.12. The van der Waals surface area contributed by atoms with Gasteiger partial charge < -0.3 is 19.5 Å². The Morgan fingerprint density at radius 2 is 1.56 bits per heavy atom. The topological polar surface area (TPSA) is 103 Å². The molecule has 0 atom stereocenters. The molecule has 8 nitrogen and oxygen atoms in total. The highest BCUT2D eigenvalue weighted by molar-refractivity contribution is 7.80. The zero-order valence-electron chi connectivity index (χ0n) is 14.2. The van der Waals surface area contributed by atoms with Crippen LogP contribution in [0.25, 0.3) is 0 Å². The number of hydrogen-bond donors (Lipinski definition) is 2. The van der Waals surface area contributed by atoms with Crippen molar-refractivity contribution in [2.75, 3.05) is 20.3 Å². The summed E-state index contributed by atoms with van der Waals surface area (Å²) in [5.41, 5.74) is 0.328. The third-order valence-electron chi connectivity index (χ3n) is 2.90. The summed E-state index contributed by atoms with van der Waals surface area (Å²) in [5, 5.41) is 4.62. The smallest absolute Gasteiger partial charge is 0.340 e. The van der Waals surface area contributed by atoms with E-state index in [1.807, 2.05) is 0 Å². The van der Waals surface area contributed by atoms with Crippen molar-refractivity contribution < 1.29 is 28.6 Å². The molecule has 1 rings (SSSR count). The minimum atomic E-state index is -1.46. The highest BCUT2D eigenvalue weighted by Crippen LogP contribution is 2.11. The largest absolute Gasteiger partial charge is 0.497 e. The average molecular weight is 368 g/mol. The number of nitrogens with one attached hydrogen (secondary N) is 2. The Morgan fingerprint density at radius 1 is 1.04 bits per heavy atom. The maximum absolute atomic E-state index is 12.1. The molecule has 0 aromatic heterocycles. The van der Waals surface area contributed by atoms with Gasteiger partial charge in [0.15, 0.2) is 5.11 Å². The molecule has 0 saturated heterocycles. The normalized spacial score (nSPS) is 9.92. The molecular weight excluding hydrogens is 348 g/mol. The number of benzene rings is 1. The number of carbonyl (C=O) groups is 3. The molecule has 0 aliphatic heterocycles. The van der Waals surface area contributed by atoms with Crippen molar-refractivity contribution >= 4 is 35.2 Å². The van der Waals surface area contributed by atoms with Gasteiger partial charge in [0.25, 0.3) is 5.91 Å². The predicted octanol–water partition coefficient (Wildman–Crippen LogP) is 0.794. The fourth-order valence-electron chi connectivity index (χ4n) is 1.75. The van der Waals surface area contributed by atoms with E-state index in [4.69, 9.17) is 26.4 Å². The van der Waals surface area contributed by atoms with Crippen LogP contribution in [0.4, 0.5) is 0 Å². The minimum absolute atomic E-state index is 0.0847. The van der Waals surface area contributed by atoms with E-state index in [1.54, 1.807) is 38.1 Å². The van der Waals surface area contributed by atoms with Crippen molar-refractivity contribution in [1.82, 2.24) is 10.6 Å². The van der Waals surface area contributed by atoms with E-state index in [9.17, 15) is 14.4 Å². The Hall–Kier alpha value is -2.68. The summed E-state index contributed by atoms with van der Waals surface area (Å²) in [6, 6.07) is 4.87. The summed E-state index contributed by atoms with van der Waals surface area (Å²) in [6.45, 7) is 3.37. The van der Waals surface area contributed by atoms with Gasteiger partial charge in [-0.1, -0.05) is 0 Å². The van der Waals surface area contributed by atoms with Crippen LogP contribution < -0.4 is 15.4 Å². The number of esters is 2. The molecule has 0 bridgehead atoms. The van der Waals surface area contributed by atoms with E-state index in [0.717, 1.165) is 0 Å². The lowest BCUT2D eigenvalue weighted by Gasteiger charge is -2.17. The molecule has 0 aliphatic rings. The quantitative estimate of drug-likeness (QED) is 0.414. The number of hydrogen-bond acceptors (Lipinski definition) is 7. The fraction of sp³-hybridized carbons (Fsp3) is 0.375. The molecule has 0 radical (unpaired) electrons. The Balaban J connectivity index is 2.73. The van der Waals surface area contributed by atoms with Crippen LogP contribution in [0.1, 0.15) is 24.2 Å². The lowest BCUT2D eigenvalue weighted by Crippen LogP contribution is -2.52. The molecule has 1 aromatic rings. The summed E-state index contributed by atoms with van der Waals surface area (Å²) in [5.74, 6) is -1.60. The lowest BCUT2D eigenvalue weighted by atomic mass is 10.2. The maximum Gasteiger partial charge on any atom is 0.340 e. The van der Waals surface area contributed by atoms with Crippen LogP contribution in [-0.2, 0) is 19.1 Å². The SMILES string of the molecule is CCOC(=O)C(NC(=S)NC(=O)c1ccc(OC)cc1)C(=O)OCC. The second kappa shape index (κ2) is 10.2. The van der Waals surface area contributed by atoms with Gasteiger partial charge in [-0.25, -0.2) is 9.59 Å². The van der Waals surface area contributed by atoms with Gasteiger partial charge in [0, 0.05) is 5.56 Å². The van der Waals surface area contributed by atoms with Crippen LogP contribution in [0, 0.1) is 0 Å². The molecule has 2 N–H and O–H groups in total. The van der Waals surface area contributed by atoms with Crippen molar-refractivity contribution in [3.63, 3.8) is 0 Å². The molecule has 0 unspecified atom stereocenters. The second-order valence-corrected chi connectivity index (χ2v) is 5.00. The number of methoxy groups -OCH3 is 1. The highest BCUT2D eigenvalue weighted by atomic mass is 32.1. The summed E-state index contributed by atoms with van der Waals surface area (Å²) in [6.07, 6.45) is 0. The van der Waals surface area contributed by atoms with E-state index in [2.05, 4.69) is 10.6 Å². The van der Waals surface area contributed by atoms with E-state index < -0.39 is 23.9 Å². The van der Waals surface area contributed by atoms with Gasteiger partial charge in [-0.15, -0.1) is 0 Å². The predicted molar refractivity (Wildman–Crippen MR) is 93.2 cm³/mol. The van der Waals surface area contributed by atoms with Gasteiger partial charge >= 0.3 is 11.9 Å². The summed E-state index contributed by atoms with van der Waals surface area (Å²) >= 11 is 4.98. The third kappa shape index (κ3) is 6.38. The van der Waals surface area contributed by atoms with Gasteiger partial charge in [0.05, 0.1) is 20.3 Å². The molecule has 9 heteroatoms. The summed E-state index contributed by atoms with van der Waals surface area (Å²) < 4.78 is 14.6. The molecule has 0 fully saturated rings. The van der Waals surface area contributed by atoms with Crippen molar-refractivity contribution in [2.45, 2.75) is 19.9 Å². The van der Waals surface area contributed by atoms with E-state index >= 15 is 0 Å². The first kappa shape index (κ1) is 20.4. The van der Waals surface area contributed by atoms with Crippen LogP contribution in [0.2, 0.25) is 0 Å². The van der Waals surface area contributed by atoms with Crippen LogP contribution in [0.5, 0.6) is 5.75 Å². The Labute approximate surface area is 150 Å². The average Bonchev–Trinajstić information content (AvgIpc) is 2.60. The summed E-state index contributed by atoms with van der Waals surface area (Å²) in [4.78, 5) is 35.8. The first-order valence-electron chi connectivity index (χ1n) is 7.52. The van der Waals surface area contributed by atoms with Crippen molar-refractivity contribution in [2.24, 2.45) is 0 Å². The standard InChI is InChI=1S/C16H20N2O6S/c1-4-23-14(20)12(15(21)24-5-2)17-16(25)18-13(19)10-6-8-11(22-3)9-7-10/h6-9,12H,4-5H2,1-3H3,(H2,17,18,19,25). The molecule has 25 heavy (non-hydrogen) atoms. The Kier molecular flexibility index (Phi) is 8.34. The Morgan fingerprint density at radius 3 is 2.00 bits per heavy atom. The van der Waals surface area contributed by atoms with Gasteiger partial charge in [0.1, 0.15) is 5.75 Å². The van der Waals surface area contributed by atoms with E-state index in [-0.39, 0.29) is 18.3 Å². The molecule has 0 aliphatic carbocycles. The molecule has 0 spiro atoms. The fourth-order valence-corrected chi connectivity index (χ4v) is 1.96. The second-order valence-electron chi connectivity index (χ2n) is 4.59. The number of thiocarbonyl (C=S) groups is 1. The first-order valence-corrected chi connectivity index (χ1v) is 7.92. The molecule has 0 saturated carbocycles. The van der Waals surface area contributed by atoms with Crippen LogP contribution >= 0.6 is 12.2 Å². The zero-order valence-corrected chi connectivity index (χ0v) is 15.0. The number of amides is 1. The van der Waals surface area contributed by atoms with Crippen molar-refractivity contribution in [1.29, 1.82) is 0 Å². The maximum atomic E-state index is 12.1. The number of ether oxygens (including phenoxy) is 3. The molecule has 136 valence electrons. The monoisotopic (exact) mass is 368 g/mol. The number of rotatable bonds is 7. The van der Waals surface area contributed by atoms with E-state index in [0.29, 0.717) is 11.3 Å². The van der Waals surface area contributed by atoms with Crippen LogP contribution in [-0.4, -0.2) is 49.3 Å². The Bertz CT molecular complexity index is 614. The molecular formula is C16H20N2O6S. The van der Waals surface area contributed by atoms with Crippen molar-refractivity contribution in [3.8, 4) is 5.75 Å². The number of carbonyl (C=O) groups excluding carboxylic acids is 3. The van der Waals surface area contributed by atoms with Gasteiger partial charge in [-0.3, -0.25) is 10.1 Å². The van der Waals surface area contributed by atoms with E-state index in [1.165, 1.54) is 7.11 Å². The molecule has 0 heterocycles. The molecule has 1 aromatic carbocycles.